The highest BCUT2D eigenvalue weighted by Gasteiger charge is 2.23. The van der Waals surface area contributed by atoms with Crippen LogP contribution in [-0.4, -0.2) is 27.0 Å². The molecule has 7 nitrogen and oxygen atoms in total. The molecule has 0 atom stereocenters. The van der Waals surface area contributed by atoms with Gasteiger partial charge >= 0.3 is 0 Å². The number of nitrogens with zero attached hydrogens (tertiary/aromatic N) is 2. The van der Waals surface area contributed by atoms with Gasteiger partial charge in [-0.25, -0.2) is 9.37 Å². The number of pyridine rings is 1. The van der Waals surface area contributed by atoms with Crippen LogP contribution >= 0.6 is 15.9 Å². The molecule has 0 unspecified atom stereocenters. The number of imidazole rings is 1. The van der Waals surface area contributed by atoms with E-state index in [4.69, 9.17) is 10.5 Å². The number of para-hydroxylation sites is 1. The van der Waals surface area contributed by atoms with Crippen LogP contribution in [0.2, 0.25) is 0 Å². The standard InChI is InChI=1S/C23H20BrFN4O3/c1-12-4-3-5-13(2)21(12)28-23-22(27-19-7-6-14(25)10-29(19)23)20-16(24)8-15(30)9-17(20)32-11-18(26)31/h3-10,28,30H,11H2,1-2H3,(H2,26,31). The molecule has 164 valence electrons. The van der Waals surface area contributed by atoms with Crippen LogP contribution in [0.15, 0.2) is 53.1 Å². The summed E-state index contributed by atoms with van der Waals surface area (Å²) in [5, 5.41) is 13.5. The topological polar surface area (TPSA) is 102 Å². The number of halogens is 2. The van der Waals surface area contributed by atoms with Gasteiger partial charge in [0, 0.05) is 22.4 Å². The Kier molecular flexibility index (Phi) is 5.75. The van der Waals surface area contributed by atoms with Gasteiger partial charge in [-0.3, -0.25) is 9.20 Å². The number of phenols is 1. The number of rotatable bonds is 6. The van der Waals surface area contributed by atoms with Gasteiger partial charge in [0.1, 0.15) is 34.5 Å². The van der Waals surface area contributed by atoms with E-state index in [1.54, 1.807) is 10.5 Å². The van der Waals surface area contributed by atoms with Gasteiger partial charge in [-0.15, -0.1) is 0 Å². The van der Waals surface area contributed by atoms with Crippen molar-refractivity contribution >= 4 is 39.0 Å². The predicted molar refractivity (Wildman–Crippen MR) is 124 cm³/mol. The van der Waals surface area contributed by atoms with Gasteiger partial charge in [0.25, 0.3) is 5.91 Å². The van der Waals surface area contributed by atoms with Crippen molar-refractivity contribution in [3.8, 4) is 22.8 Å². The quantitative estimate of drug-likeness (QED) is 0.353. The summed E-state index contributed by atoms with van der Waals surface area (Å²) in [6, 6.07) is 11.6. The van der Waals surface area contributed by atoms with Gasteiger partial charge in [0.15, 0.2) is 6.61 Å². The summed E-state index contributed by atoms with van der Waals surface area (Å²) in [7, 11) is 0. The molecule has 0 bridgehead atoms. The fourth-order valence-electron chi connectivity index (χ4n) is 3.50. The zero-order valence-corrected chi connectivity index (χ0v) is 18.9. The molecule has 2 aromatic heterocycles. The lowest BCUT2D eigenvalue weighted by Crippen LogP contribution is -2.20. The third-order valence-corrected chi connectivity index (χ3v) is 5.58. The molecule has 0 aliphatic rings. The number of aromatic nitrogens is 2. The Morgan fingerprint density at radius 1 is 1.25 bits per heavy atom. The molecule has 0 fully saturated rings. The number of anilines is 2. The number of hydrogen-bond donors (Lipinski definition) is 3. The highest BCUT2D eigenvalue weighted by Crippen LogP contribution is 2.44. The van der Waals surface area contributed by atoms with Crippen LogP contribution < -0.4 is 15.8 Å². The molecule has 0 aliphatic carbocycles. The van der Waals surface area contributed by atoms with Crippen molar-refractivity contribution in [2.75, 3.05) is 11.9 Å². The van der Waals surface area contributed by atoms with E-state index in [1.807, 2.05) is 32.0 Å². The number of carbonyl (C=O) groups is 1. The summed E-state index contributed by atoms with van der Waals surface area (Å²) in [5.41, 5.74) is 9.49. The lowest BCUT2D eigenvalue weighted by atomic mass is 10.1. The first-order chi connectivity index (χ1) is 15.2. The van der Waals surface area contributed by atoms with Crippen molar-refractivity contribution < 1.29 is 19.0 Å². The molecule has 0 radical (unpaired) electrons. The molecule has 4 aromatic rings. The number of phenolic OH excluding ortho intramolecular Hbond substituents is 1. The smallest absolute Gasteiger partial charge is 0.255 e. The highest BCUT2D eigenvalue weighted by molar-refractivity contribution is 9.10. The van der Waals surface area contributed by atoms with Gasteiger partial charge in [-0.05, 0) is 59.1 Å². The Morgan fingerprint density at radius 3 is 2.66 bits per heavy atom. The fourth-order valence-corrected chi connectivity index (χ4v) is 4.12. The maximum absolute atomic E-state index is 14.2. The first kappa shape index (κ1) is 21.6. The first-order valence-electron chi connectivity index (χ1n) is 9.69. The number of ether oxygens (including phenoxy) is 1. The van der Waals surface area contributed by atoms with Crippen LogP contribution in [0.25, 0.3) is 16.9 Å². The number of nitrogens with two attached hydrogens (primary N) is 1. The van der Waals surface area contributed by atoms with Crippen LogP contribution in [0.1, 0.15) is 11.1 Å². The monoisotopic (exact) mass is 498 g/mol. The SMILES string of the molecule is Cc1cccc(C)c1Nc1c(-c2c(Br)cc(O)cc2OCC(N)=O)nc2ccc(F)cn12. The molecular formula is C23H20BrFN4O3. The Morgan fingerprint density at radius 2 is 1.97 bits per heavy atom. The summed E-state index contributed by atoms with van der Waals surface area (Å²) in [5.74, 6) is -0.474. The number of nitrogens with one attached hydrogen (secondary N) is 1. The van der Waals surface area contributed by atoms with Gasteiger partial charge < -0.3 is 20.9 Å². The van der Waals surface area contributed by atoms with E-state index < -0.39 is 11.7 Å². The molecule has 2 heterocycles. The number of amides is 1. The van der Waals surface area contributed by atoms with Crippen molar-refractivity contribution in [2.24, 2.45) is 5.73 Å². The van der Waals surface area contributed by atoms with E-state index in [1.165, 1.54) is 24.4 Å². The molecule has 9 heteroatoms. The average molecular weight is 499 g/mol. The maximum Gasteiger partial charge on any atom is 0.255 e. The van der Waals surface area contributed by atoms with Crippen LogP contribution in [-0.2, 0) is 4.79 Å². The molecule has 2 aromatic carbocycles. The van der Waals surface area contributed by atoms with Crippen molar-refractivity contribution in [2.45, 2.75) is 13.8 Å². The third-order valence-electron chi connectivity index (χ3n) is 4.95. The van der Waals surface area contributed by atoms with Crippen LogP contribution in [0.3, 0.4) is 0 Å². The Bertz CT molecular complexity index is 1330. The zero-order valence-electron chi connectivity index (χ0n) is 17.3. The molecule has 0 saturated heterocycles. The lowest BCUT2D eigenvalue weighted by Gasteiger charge is -2.16. The van der Waals surface area contributed by atoms with Crippen molar-refractivity contribution in [1.29, 1.82) is 0 Å². The fraction of sp³-hybridized carbons (Fsp3) is 0.130. The molecule has 4 rings (SSSR count). The van der Waals surface area contributed by atoms with Crippen LogP contribution in [0, 0.1) is 19.7 Å². The average Bonchev–Trinajstić information content (AvgIpc) is 3.05. The number of fused-ring (bicyclic) bond motifs is 1. The van der Waals surface area contributed by atoms with E-state index in [-0.39, 0.29) is 18.1 Å². The predicted octanol–water partition coefficient (Wildman–Crippen LogP) is 4.83. The first-order valence-corrected chi connectivity index (χ1v) is 10.5. The van der Waals surface area contributed by atoms with Crippen LogP contribution in [0.5, 0.6) is 11.5 Å². The highest BCUT2D eigenvalue weighted by atomic mass is 79.9. The maximum atomic E-state index is 14.2. The summed E-state index contributed by atoms with van der Waals surface area (Å²) < 4.78 is 21.8. The molecule has 4 N–H and O–H groups in total. The Labute approximate surface area is 191 Å². The second-order valence-corrected chi connectivity index (χ2v) is 8.19. The molecule has 0 spiro atoms. The van der Waals surface area contributed by atoms with Crippen molar-refractivity contribution in [3.63, 3.8) is 0 Å². The molecule has 0 saturated carbocycles. The van der Waals surface area contributed by atoms with E-state index >= 15 is 0 Å². The normalized spacial score (nSPS) is 11.0. The van der Waals surface area contributed by atoms with Crippen molar-refractivity contribution in [3.05, 3.63) is 70.1 Å². The minimum absolute atomic E-state index is 0.0702. The second-order valence-electron chi connectivity index (χ2n) is 7.33. The van der Waals surface area contributed by atoms with Crippen molar-refractivity contribution in [1.82, 2.24) is 9.38 Å². The number of hydrogen-bond acceptors (Lipinski definition) is 5. The summed E-state index contributed by atoms with van der Waals surface area (Å²) in [6.07, 6.45) is 1.33. The van der Waals surface area contributed by atoms with Gasteiger partial charge in [-0.2, -0.15) is 0 Å². The number of benzene rings is 2. The summed E-state index contributed by atoms with van der Waals surface area (Å²) in [6.45, 7) is 3.55. The van der Waals surface area contributed by atoms with E-state index in [0.29, 0.717) is 27.2 Å². The van der Waals surface area contributed by atoms with Gasteiger partial charge in [-0.1, -0.05) is 18.2 Å². The molecule has 1 amide bonds. The largest absolute Gasteiger partial charge is 0.508 e. The number of aryl methyl sites for hydroxylation is 2. The van der Waals surface area contributed by atoms with E-state index in [0.717, 1.165) is 16.8 Å². The summed E-state index contributed by atoms with van der Waals surface area (Å²) in [4.78, 5) is 16.0. The minimum Gasteiger partial charge on any atom is -0.508 e. The Hall–Kier alpha value is -3.59. The third kappa shape index (κ3) is 4.11. The zero-order chi connectivity index (χ0) is 23.0. The molecular weight excluding hydrogens is 479 g/mol. The molecule has 0 aliphatic heterocycles. The lowest BCUT2D eigenvalue weighted by molar-refractivity contribution is -0.119. The van der Waals surface area contributed by atoms with Gasteiger partial charge in [0.2, 0.25) is 0 Å². The van der Waals surface area contributed by atoms with Crippen LogP contribution in [0.4, 0.5) is 15.9 Å². The Balaban J connectivity index is 1.98. The number of carbonyl (C=O) groups excluding carboxylic acids is 1. The second kappa shape index (κ2) is 8.51. The van der Waals surface area contributed by atoms with Gasteiger partial charge in [0.05, 0.1) is 5.56 Å². The number of aromatic hydroxyl groups is 1. The van der Waals surface area contributed by atoms with E-state index in [2.05, 4.69) is 26.2 Å². The van der Waals surface area contributed by atoms with E-state index in [9.17, 15) is 14.3 Å². The number of primary amides is 1. The molecule has 32 heavy (non-hydrogen) atoms. The minimum atomic E-state index is -0.665. The summed E-state index contributed by atoms with van der Waals surface area (Å²) >= 11 is 3.45.